The molecule has 1 N–H and O–H groups in total. The standard InChI is InChI=1S/C13H15ClFNO2.C13H9ClFNO2.2ClH/c2*1-18-13(17)8-4-5-16-12(6-8)10-3-2-9(15)7-11(10)14;;/h2-3,7-8,12,16H,4-6H2,1H3;2-7H,1H3;2*1H. The fourth-order valence-corrected chi connectivity index (χ4v) is 4.40. The number of ether oxygens (including phenoxy) is 2. The number of hydrogen-bond acceptors (Lipinski definition) is 6. The first-order valence-electron chi connectivity index (χ1n) is 11.0. The summed E-state index contributed by atoms with van der Waals surface area (Å²) in [7, 11) is 2.69. The number of carbonyl (C=O) groups is 2. The second-order valence-corrected chi connectivity index (χ2v) is 8.78. The minimum Gasteiger partial charge on any atom is -0.469 e. The van der Waals surface area contributed by atoms with Crippen LogP contribution in [0.3, 0.4) is 0 Å². The zero-order chi connectivity index (χ0) is 26.2. The second-order valence-electron chi connectivity index (χ2n) is 7.96. The van der Waals surface area contributed by atoms with Crippen LogP contribution in [0.25, 0.3) is 11.3 Å². The predicted molar refractivity (Wildman–Crippen MR) is 147 cm³/mol. The molecule has 0 aliphatic carbocycles. The summed E-state index contributed by atoms with van der Waals surface area (Å²) in [6.07, 6.45) is 2.85. The van der Waals surface area contributed by atoms with Gasteiger partial charge in [-0.3, -0.25) is 9.78 Å². The lowest BCUT2D eigenvalue weighted by Gasteiger charge is -2.29. The molecule has 206 valence electrons. The molecule has 1 fully saturated rings. The van der Waals surface area contributed by atoms with Gasteiger partial charge in [-0.05, 0) is 67.4 Å². The van der Waals surface area contributed by atoms with Crippen molar-refractivity contribution in [2.45, 2.75) is 18.9 Å². The lowest BCUT2D eigenvalue weighted by Crippen LogP contribution is -2.35. The van der Waals surface area contributed by atoms with E-state index in [9.17, 15) is 18.4 Å². The molecule has 38 heavy (non-hydrogen) atoms. The van der Waals surface area contributed by atoms with Crippen molar-refractivity contribution >= 4 is 60.0 Å². The Kier molecular flexibility index (Phi) is 14.0. The maximum absolute atomic E-state index is 13.0. The Morgan fingerprint density at radius 3 is 2.21 bits per heavy atom. The van der Waals surface area contributed by atoms with E-state index in [4.69, 9.17) is 27.9 Å². The minimum atomic E-state index is -0.461. The Morgan fingerprint density at radius 2 is 1.61 bits per heavy atom. The van der Waals surface area contributed by atoms with Gasteiger partial charge in [-0.25, -0.2) is 13.6 Å². The molecular weight excluding hydrogens is 584 g/mol. The summed E-state index contributed by atoms with van der Waals surface area (Å²) in [6, 6.07) is 11.4. The van der Waals surface area contributed by atoms with Crippen LogP contribution in [0.2, 0.25) is 10.0 Å². The van der Waals surface area contributed by atoms with Crippen LogP contribution < -0.4 is 5.32 Å². The topological polar surface area (TPSA) is 77.5 Å². The average Bonchev–Trinajstić information content (AvgIpc) is 2.88. The molecule has 0 amide bonds. The normalized spacial score (nSPS) is 16.1. The smallest absolute Gasteiger partial charge is 0.337 e. The number of carbonyl (C=O) groups excluding carboxylic acids is 2. The van der Waals surface area contributed by atoms with E-state index in [0.29, 0.717) is 28.3 Å². The van der Waals surface area contributed by atoms with Crippen LogP contribution in [-0.4, -0.2) is 37.7 Å². The van der Waals surface area contributed by atoms with E-state index >= 15 is 0 Å². The van der Waals surface area contributed by atoms with E-state index in [2.05, 4.69) is 15.0 Å². The third-order valence-electron chi connectivity index (χ3n) is 5.66. The maximum Gasteiger partial charge on any atom is 0.337 e. The highest BCUT2D eigenvalue weighted by Gasteiger charge is 2.29. The highest BCUT2D eigenvalue weighted by atomic mass is 35.5. The predicted octanol–water partition coefficient (Wildman–Crippen LogP) is 6.86. The van der Waals surface area contributed by atoms with Crippen LogP contribution >= 0.6 is 48.0 Å². The van der Waals surface area contributed by atoms with Crippen LogP contribution in [-0.2, 0) is 14.3 Å². The quantitative estimate of drug-likeness (QED) is 0.326. The number of nitrogens with one attached hydrogen (secondary N) is 1. The SMILES string of the molecule is COC(=O)C1CCNC(c2ccc(F)cc2Cl)C1.COC(=O)c1ccnc(-c2ccc(F)cc2Cl)c1.Cl.Cl. The molecule has 6 nitrogen and oxygen atoms in total. The number of esters is 2. The summed E-state index contributed by atoms with van der Waals surface area (Å²) in [5.41, 5.74) is 2.24. The summed E-state index contributed by atoms with van der Waals surface area (Å²) < 4.78 is 35.3. The second kappa shape index (κ2) is 15.8. The molecule has 2 unspecified atom stereocenters. The number of aromatic nitrogens is 1. The summed E-state index contributed by atoms with van der Waals surface area (Å²) in [5.74, 6) is -1.56. The Morgan fingerprint density at radius 1 is 0.947 bits per heavy atom. The van der Waals surface area contributed by atoms with Crippen molar-refractivity contribution in [3.63, 3.8) is 0 Å². The Hall–Kier alpha value is -2.49. The lowest BCUT2D eigenvalue weighted by atomic mass is 9.89. The van der Waals surface area contributed by atoms with E-state index in [0.717, 1.165) is 18.5 Å². The van der Waals surface area contributed by atoms with Gasteiger partial charge in [0.25, 0.3) is 0 Å². The fourth-order valence-electron chi connectivity index (χ4n) is 3.84. The number of hydrogen-bond donors (Lipinski definition) is 1. The van der Waals surface area contributed by atoms with Crippen LogP contribution in [0.15, 0.2) is 54.7 Å². The number of methoxy groups -OCH3 is 2. The number of pyridine rings is 1. The molecule has 2 atom stereocenters. The van der Waals surface area contributed by atoms with Crippen LogP contribution in [0.4, 0.5) is 8.78 Å². The van der Waals surface area contributed by atoms with E-state index < -0.39 is 11.8 Å². The molecule has 0 saturated carbocycles. The van der Waals surface area contributed by atoms with Gasteiger partial charge in [0, 0.05) is 22.8 Å². The van der Waals surface area contributed by atoms with Gasteiger partial charge >= 0.3 is 11.9 Å². The fraction of sp³-hybridized carbons (Fsp3) is 0.269. The number of piperidine rings is 1. The minimum absolute atomic E-state index is 0. The van der Waals surface area contributed by atoms with E-state index in [1.807, 2.05) is 0 Å². The van der Waals surface area contributed by atoms with Gasteiger partial charge in [0.2, 0.25) is 0 Å². The lowest BCUT2D eigenvalue weighted by molar-refractivity contribution is -0.146. The van der Waals surface area contributed by atoms with E-state index in [1.165, 1.54) is 56.8 Å². The molecule has 2 heterocycles. The molecule has 2 aromatic carbocycles. The van der Waals surface area contributed by atoms with Crippen LogP contribution in [0.5, 0.6) is 0 Å². The molecule has 1 aliphatic heterocycles. The van der Waals surface area contributed by atoms with Crippen molar-refractivity contribution in [2.24, 2.45) is 5.92 Å². The van der Waals surface area contributed by atoms with Crippen molar-refractivity contribution in [2.75, 3.05) is 20.8 Å². The highest BCUT2D eigenvalue weighted by Crippen LogP contribution is 2.32. The number of nitrogens with zero attached hydrogens (tertiary/aromatic N) is 1. The van der Waals surface area contributed by atoms with Gasteiger partial charge in [-0.2, -0.15) is 0 Å². The first-order valence-corrected chi connectivity index (χ1v) is 11.7. The van der Waals surface area contributed by atoms with E-state index in [-0.39, 0.29) is 53.6 Å². The molecule has 4 rings (SSSR count). The van der Waals surface area contributed by atoms with Crippen molar-refractivity contribution in [1.82, 2.24) is 10.3 Å². The molecule has 3 aromatic rings. The van der Waals surface area contributed by atoms with Crippen LogP contribution in [0, 0.1) is 17.6 Å². The molecule has 0 spiro atoms. The summed E-state index contributed by atoms with van der Waals surface area (Å²) in [6.45, 7) is 0.720. The van der Waals surface area contributed by atoms with Gasteiger partial charge in [-0.15, -0.1) is 24.8 Å². The zero-order valence-electron chi connectivity index (χ0n) is 20.4. The maximum atomic E-state index is 13.0. The van der Waals surface area contributed by atoms with Crippen LogP contribution in [0.1, 0.15) is 34.8 Å². The van der Waals surface area contributed by atoms with Crippen molar-refractivity contribution < 1.29 is 27.8 Å². The van der Waals surface area contributed by atoms with Gasteiger partial charge in [0.15, 0.2) is 0 Å². The number of halogens is 6. The van der Waals surface area contributed by atoms with Gasteiger partial charge in [0.05, 0.1) is 36.4 Å². The molecule has 1 aliphatic rings. The van der Waals surface area contributed by atoms with Gasteiger partial charge in [-0.1, -0.05) is 29.3 Å². The Balaban J connectivity index is 0.000000361. The number of benzene rings is 2. The van der Waals surface area contributed by atoms with Crippen molar-refractivity contribution in [3.05, 3.63) is 87.5 Å². The molecule has 1 aromatic heterocycles. The van der Waals surface area contributed by atoms with Crippen molar-refractivity contribution in [3.8, 4) is 11.3 Å². The highest BCUT2D eigenvalue weighted by molar-refractivity contribution is 6.33. The third kappa shape index (κ3) is 8.78. The summed E-state index contributed by atoms with van der Waals surface area (Å²) in [4.78, 5) is 27.0. The summed E-state index contributed by atoms with van der Waals surface area (Å²) >= 11 is 12.0. The first kappa shape index (κ1) is 33.5. The van der Waals surface area contributed by atoms with Gasteiger partial charge < -0.3 is 14.8 Å². The monoisotopic (exact) mass is 608 g/mol. The van der Waals surface area contributed by atoms with Crippen molar-refractivity contribution in [1.29, 1.82) is 0 Å². The Labute approximate surface area is 241 Å². The zero-order valence-corrected chi connectivity index (χ0v) is 23.5. The largest absolute Gasteiger partial charge is 0.469 e. The molecule has 12 heteroatoms. The Bertz CT molecular complexity index is 1250. The average molecular weight is 610 g/mol. The number of rotatable bonds is 4. The molecule has 1 saturated heterocycles. The molecule has 0 radical (unpaired) electrons. The van der Waals surface area contributed by atoms with Gasteiger partial charge in [0.1, 0.15) is 11.6 Å². The molecular formula is C26H26Cl4F2N2O4. The third-order valence-corrected chi connectivity index (χ3v) is 6.30. The van der Waals surface area contributed by atoms with E-state index in [1.54, 1.807) is 12.1 Å². The first-order chi connectivity index (χ1) is 17.2. The summed E-state index contributed by atoms with van der Waals surface area (Å²) in [5, 5.41) is 3.92. The molecule has 0 bridgehead atoms.